The van der Waals surface area contributed by atoms with Crippen molar-refractivity contribution in [3.05, 3.63) is 62.6 Å². The third-order valence-electron chi connectivity index (χ3n) is 4.27. The second-order valence-electron chi connectivity index (χ2n) is 5.94. The summed E-state index contributed by atoms with van der Waals surface area (Å²) in [4.78, 5) is 4.85. The smallest absolute Gasteiger partial charge is 0.0595 e. The van der Waals surface area contributed by atoms with Crippen LogP contribution in [0.2, 0.25) is 15.1 Å². The van der Waals surface area contributed by atoms with E-state index in [-0.39, 0.29) is 0 Å². The maximum atomic E-state index is 6.14. The maximum Gasteiger partial charge on any atom is 0.0595 e. The number of anilines is 1. The summed E-state index contributed by atoms with van der Waals surface area (Å²) in [7, 11) is 0. The Bertz CT molecular complexity index is 695. The van der Waals surface area contributed by atoms with Gasteiger partial charge in [0.1, 0.15) is 0 Å². The van der Waals surface area contributed by atoms with Gasteiger partial charge in [-0.1, -0.05) is 46.9 Å². The fraction of sp³-hybridized carbons (Fsp3) is 0.333. The SMILES string of the molecule is Cc1ccc(Cl)cc1N1CCN(Cc2ccc(Cl)c(Cl)c2)CC1. The van der Waals surface area contributed by atoms with Crippen LogP contribution in [0.1, 0.15) is 11.1 Å². The Balaban J connectivity index is 1.62. The lowest BCUT2D eigenvalue weighted by molar-refractivity contribution is 0.250. The van der Waals surface area contributed by atoms with Gasteiger partial charge in [0.05, 0.1) is 10.0 Å². The monoisotopic (exact) mass is 368 g/mol. The molecule has 1 aliphatic rings. The van der Waals surface area contributed by atoms with Crippen LogP contribution in [0, 0.1) is 6.92 Å². The van der Waals surface area contributed by atoms with Crippen molar-refractivity contribution < 1.29 is 0 Å². The highest BCUT2D eigenvalue weighted by Gasteiger charge is 2.19. The molecule has 1 saturated heterocycles. The van der Waals surface area contributed by atoms with Gasteiger partial charge in [-0.05, 0) is 42.3 Å². The fourth-order valence-corrected chi connectivity index (χ4v) is 3.45. The Hall–Kier alpha value is -0.930. The van der Waals surface area contributed by atoms with E-state index in [2.05, 4.69) is 28.9 Å². The van der Waals surface area contributed by atoms with Crippen molar-refractivity contribution in [3.8, 4) is 0 Å². The summed E-state index contributed by atoms with van der Waals surface area (Å²) in [5.74, 6) is 0. The molecule has 0 aliphatic carbocycles. The van der Waals surface area contributed by atoms with Crippen molar-refractivity contribution >= 4 is 40.5 Å². The van der Waals surface area contributed by atoms with Crippen LogP contribution in [0.3, 0.4) is 0 Å². The molecule has 23 heavy (non-hydrogen) atoms. The summed E-state index contributed by atoms with van der Waals surface area (Å²) < 4.78 is 0. The number of benzene rings is 2. The van der Waals surface area contributed by atoms with Gasteiger partial charge in [-0.25, -0.2) is 0 Å². The van der Waals surface area contributed by atoms with Gasteiger partial charge in [0.2, 0.25) is 0 Å². The lowest BCUT2D eigenvalue weighted by Crippen LogP contribution is -2.46. The van der Waals surface area contributed by atoms with Gasteiger partial charge < -0.3 is 4.90 Å². The third-order valence-corrected chi connectivity index (χ3v) is 5.25. The van der Waals surface area contributed by atoms with Gasteiger partial charge in [-0.3, -0.25) is 4.90 Å². The normalized spacial score (nSPS) is 15.9. The molecule has 0 spiro atoms. The molecule has 0 aromatic heterocycles. The molecule has 2 aromatic rings. The van der Waals surface area contributed by atoms with Crippen LogP contribution in [0.4, 0.5) is 5.69 Å². The molecule has 0 atom stereocenters. The average molecular weight is 370 g/mol. The highest BCUT2D eigenvalue weighted by Crippen LogP contribution is 2.26. The average Bonchev–Trinajstić information content (AvgIpc) is 2.54. The molecule has 122 valence electrons. The highest BCUT2D eigenvalue weighted by molar-refractivity contribution is 6.42. The van der Waals surface area contributed by atoms with Gasteiger partial charge in [0, 0.05) is 43.4 Å². The van der Waals surface area contributed by atoms with Gasteiger partial charge >= 0.3 is 0 Å². The Kier molecular flexibility index (Phi) is 5.38. The van der Waals surface area contributed by atoms with Crippen molar-refractivity contribution in [1.29, 1.82) is 0 Å². The summed E-state index contributed by atoms with van der Waals surface area (Å²) in [5, 5.41) is 2.03. The quantitative estimate of drug-likeness (QED) is 0.726. The van der Waals surface area contributed by atoms with E-state index in [1.165, 1.54) is 16.8 Å². The van der Waals surface area contributed by atoms with Crippen LogP contribution in [-0.2, 0) is 6.54 Å². The molecule has 0 N–H and O–H groups in total. The second-order valence-corrected chi connectivity index (χ2v) is 7.19. The zero-order chi connectivity index (χ0) is 16.4. The molecular weight excluding hydrogens is 351 g/mol. The molecule has 1 fully saturated rings. The lowest BCUT2D eigenvalue weighted by Gasteiger charge is -2.37. The Morgan fingerprint density at radius 1 is 0.870 bits per heavy atom. The maximum absolute atomic E-state index is 6.14. The zero-order valence-corrected chi connectivity index (χ0v) is 15.3. The Labute approximate surface area is 152 Å². The summed E-state index contributed by atoms with van der Waals surface area (Å²) in [6.45, 7) is 7.08. The minimum atomic E-state index is 0.608. The van der Waals surface area contributed by atoms with Crippen LogP contribution in [0.5, 0.6) is 0 Å². The molecule has 0 unspecified atom stereocenters. The number of hydrogen-bond acceptors (Lipinski definition) is 2. The minimum Gasteiger partial charge on any atom is -0.369 e. The van der Waals surface area contributed by atoms with Crippen molar-refractivity contribution in [2.75, 3.05) is 31.1 Å². The van der Waals surface area contributed by atoms with Crippen molar-refractivity contribution in [2.24, 2.45) is 0 Å². The van der Waals surface area contributed by atoms with Crippen molar-refractivity contribution in [1.82, 2.24) is 4.90 Å². The minimum absolute atomic E-state index is 0.608. The number of halogens is 3. The van der Waals surface area contributed by atoms with Crippen LogP contribution in [0.25, 0.3) is 0 Å². The standard InChI is InChI=1S/C18H19Cl3N2/c1-13-2-4-15(19)11-18(13)23-8-6-22(7-9-23)12-14-3-5-16(20)17(21)10-14/h2-5,10-11H,6-9,12H2,1H3. The largest absolute Gasteiger partial charge is 0.369 e. The highest BCUT2D eigenvalue weighted by atomic mass is 35.5. The van der Waals surface area contributed by atoms with Gasteiger partial charge in [-0.2, -0.15) is 0 Å². The molecule has 2 aromatic carbocycles. The Morgan fingerprint density at radius 3 is 2.30 bits per heavy atom. The second kappa shape index (κ2) is 7.31. The molecule has 5 heteroatoms. The molecule has 1 aliphatic heterocycles. The van der Waals surface area contributed by atoms with E-state index in [0.717, 1.165) is 37.7 Å². The Morgan fingerprint density at radius 2 is 1.61 bits per heavy atom. The van der Waals surface area contributed by atoms with E-state index in [9.17, 15) is 0 Å². The zero-order valence-electron chi connectivity index (χ0n) is 13.0. The van der Waals surface area contributed by atoms with E-state index < -0.39 is 0 Å². The van der Waals surface area contributed by atoms with E-state index >= 15 is 0 Å². The lowest BCUT2D eigenvalue weighted by atomic mass is 10.1. The molecule has 1 heterocycles. The first-order chi connectivity index (χ1) is 11.0. The summed E-state index contributed by atoms with van der Waals surface area (Å²) >= 11 is 18.2. The number of aryl methyl sites for hydroxylation is 1. The topological polar surface area (TPSA) is 6.48 Å². The van der Waals surface area contributed by atoms with Gasteiger partial charge in [-0.15, -0.1) is 0 Å². The number of piperazine rings is 1. The van der Waals surface area contributed by atoms with Gasteiger partial charge in [0.15, 0.2) is 0 Å². The predicted octanol–water partition coefficient (Wildman–Crippen LogP) is 5.28. The van der Waals surface area contributed by atoms with Crippen molar-refractivity contribution in [2.45, 2.75) is 13.5 Å². The number of rotatable bonds is 3. The van der Waals surface area contributed by atoms with Crippen LogP contribution >= 0.6 is 34.8 Å². The van der Waals surface area contributed by atoms with E-state index in [1.807, 2.05) is 24.3 Å². The molecule has 0 amide bonds. The fourth-order valence-electron chi connectivity index (χ4n) is 2.97. The summed E-state index contributed by atoms with van der Waals surface area (Å²) in [5.41, 5.74) is 3.71. The molecule has 3 rings (SSSR count). The molecule has 0 saturated carbocycles. The van der Waals surface area contributed by atoms with Gasteiger partial charge in [0.25, 0.3) is 0 Å². The first-order valence-corrected chi connectivity index (χ1v) is 8.84. The summed E-state index contributed by atoms with van der Waals surface area (Å²) in [6, 6.07) is 12.0. The van der Waals surface area contributed by atoms with E-state index in [0.29, 0.717) is 10.0 Å². The molecule has 0 bridgehead atoms. The number of nitrogens with zero attached hydrogens (tertiary/aromatic N) is 2. The third kappa shape index (κ3) is 4.13. The molecule has 0 radical (unpaired) electrons. The first kappa shape index (κ1) is 16.9. The van der Waals surface area contributed by atoms with Crippen LogP contribution in [-0.4, -0.2) is 31.1 Å². The van der Waals surface area contributed by atoms with Crippen LogP contribution < -0.4 is 4.90 Å². The predicted molar refractivity (Wildman–Crippen MR) is 100 cm³/mol. The van der Waals surface area contributed by atoms with E-state index in [4.69, 9.17) is 34.8 Å². The van der Waals surface area contributed by atoms with Crippen LogP contribution in [0.15, 0.2) is 36.4 Å². The molecular formula is C18H19Cl3N2. The number of hydrogen-bond donors (Lipinski definition) is 0. The summed E-state index contributed by atoms with van der Waals surface area (Å²) in [6.07, 6.45) is 0. The first-order valence-electron chi connectivity index (χ1n) is 7.70. The molecule has 2 nitrogen and oxygen atoms in total. The van der Waals surface area contributed by atoms with Crippen molar-refractivity contribution in [3.63, 3.8) is 0 Å². The van der Waals surface area contributed by atoms with E-state index in [1.54, 1.807) is 0 Å².